The molecule has 0 spiro atoms. The van der Waals surface area contributed by atoms with Crippen LogP contribution in [-0.2, 0) is 0 Å². The number of hydrogen-bond acceptors (Lipinski definition) is 5. The van der Waals surface area contributed by atoms with Gasteiger partial charge in [0.25, 0.3) is 0 Å². The lowest BCUT2D eigenvalue weighted by molar-refractivity contribution is -0.384. The highest BCUT2D eigenvalue weighted by molar-refractivity contribution is 5.89. The maximum absolute atomic E-state index is 12.4. The fourth-order valence-electron chi connectivity index (χ4n) is 2.83. The lowest BCUT2D eigenvalue weighted by Gasteiger charge is -2.22. The highest BCUT2D eigenvalue weighted by Gasteiger charge is 2.24. The first-order valence-corrected chi connectivity index (χ1v) is 8.10. The van der Waals surface area contributed by atoms with Gasteiger partial charge in [-0.1, -0.05) is 18.2 Å². The first kappa shape index (κ1) is 16.7. The first-order valence-electron chi connectivity index (χ1n) is 8.10. The molecule has 0 radical (unpaired) electrons. The lowest BCUT2D eigenvalue weighted by atomic mass is 10.3. The zero-order valence-corrected chi connectivity index (χ0v) is 13.7. The van der Waals surface area contributed by atoms with E-state index in [-0.39, 0.29) is 11.7 Å². The Kier molecular flexibility index (Phi) is 5.08. The molecular formula is C17H19N5O3. The van der Waals surface area contributed by atoms with Crippen molar-refractivity contribution in [3.63, 3.8) is 0 Å². The molecule has 0 unspecified atom stereocenters. The molecule has 8 heteroatoms. The fourth-order valence-corrected chi connectivity index (χ4v) is 2.83. The standard InChI is InChI=1S/C17H19N5O3/c23-17(19-14-6-2-1-3-7-14)21-11-5-10-20(12-13-21)16-15(22(24)25)8-4-9-18-16/h1-4,6-9H,5,10-13H2,(H,19,23). The molecule has 0 saturated carbocycles. The van der Waals surface area contributed by atoms with Crippen LogP contribution in [0.5, 0.6) is 0 Å². The van der Waals surface area contributed by atoms with Crippen molar-refractivity contribution in [1.82, 2.24) is 9.88 Å². The van der Waals surface area contributed by atoms with Crippen molar-refractivity contribution in [2.24, 2.45) is 0 Å². The Labute approximate surface area is 145 Å². The van der Waals surface area contributed by atoms with E-state index in [1.54, 1.807) is 17.2 Å². The number of benzene rings is 1. The van der Waals surface area contributed by atoms with Crippen LogP contribution in [0.25, 0.3) is 0 Å². The molecule has 1 fully saturated rings. The number of nitrogens with zero attached hydrogens (tertiary/aromatic N) is 4. The summed E-state index contributed by atoms with van der Waals surface area (Å²) in [6.45, 7) is 2.19. The molecule has 1 aliphatic rings. The predicted octanol–water partition coefficient (Wildman–Crippen LogP) is 2.73. The Morgan fingerprint density at radius 3 is 2.64 bits per heavy atom. The van der Waals surface area contributed by atoms with E-state index in [1.807, 2.05) is 35.2 Å². The van der Waals surface area contributed by atoms with Crippen molar-refractivity contribution in [2.75, 3.05) is 36.4 Å². The van der Waals surface area contributed by atoms with Gasteiger partial charge in [-0.15, -0.1) is 0 Å². The van der Waals surface area contributed by atoms with Crippen LogP contribution >= 0.6 is 0 Å². The maximum atomic E-state index is 12.4. The summed E-state index contributed by atoms with van der Waals surface area (Å²) in [5.74, 6) is 0.359. The van der Waals surface area contributed by atoms with Crippen LogP contribution in [0.15, 0.2) is 48.7 Å². The minimum absolute atomic E-state index is 0.00955. The normalized spacial score (nSPS) is 14.7. The minimum Gasteiger partial charge on any atom is -0.349 e. The van der Waals surface area contributed by atoms with Gasteiger partial charge in [0, 0.05) is 44.1 Å². The van der Waals surface area contributed by atoms with Gasteiger partial charge in [0.1, 0.15) is 0 Å². The second-order valence-electron chi connectivity index (χ2n) is 5.73. The van der Waals surface area contributed by atoms with Gasteiger partial charge in [-0.3, -0.25) is 10.1 Å². The summed E-state index contributed by atoms with van der Waals surface area (Å²) in [5, 5.41) is 14.1. The molecule has 0 bridgehead atoms. The lowest BCUT2D eigenvalue weighted by Crippen LogP contribution is -2.38. The number of nitro groups is 1. The minimum atomic E-state index is -0.424. The van der Waals surface area contributed by atoms with E-state index in [2.05, 4.69) is 10.3 Å². The Morgan fingerprint density at radius 1 is 1.08 bits per heavy atom. The molecule has 130 valence electrons. The smallest absolute Gasteiger partial charge is 0.321 e. The number of para-hydroxylation sites is 1. The van der Waals surface area contributed by atoms with Gasteiger partial charge in [-0.25, -0.2) is 9.78 Å². The maximum Gasteiger partial charge on any atom is 0.321 e. The van der Waals surface area contributed by atoms with Crippen LogP contribution in [0.3, 0.4) is 0 Å². The zero-order chi connectivity index (χ0) is 17.6. The molecule has 1 aliphatic heterocycles. The number of nitrogens with one attached hydrogen (secondary N) is 1. The largest absolute Gasteiger partial charge is 0.349 e. The van der Waals surface area contributed by atoms with E-state index in [9.17, 15) is 14.9 Å². The molecule has 1 aromatic heterocycles. The van der Waals surface area contributed by atoms with Crippen LogP contribution in [0.4, 0.5) is 22.0 Å². The number of anilines is 2. The number of hydrogen-bond donors (Lipinski definition) is 1. The molecule has 1 N–H and O–H groups in total. The van der Waals surface area contributed by atoms with Crippen molar-refractivity contribution in [3.05, 3.63) is 58.8 Å². The third-order valence-electron chi connectivity index (χ3n) is 4.07. The summed E-state index contributed by atoms with van der Waals surface area (Å²) in [7, 11) is 0. The van der Waals surface area contributed by atoms with Crippen molar-refractivity contribution in [3.8, 4) is 0 Å². The van der Waals surface area contributed by atoms with E-state index in [1.165, 1.54) is 6.07 Å². The van der Waals surface area contributed by atoms with Crippen LogP contribution in [-0.4, -0.2) is 47.0 Å². The van der Waals surface area contributed by atoms with Gasteiger partial charge in [0.15, 0.2) is 0 Å². The molecule has 25 heavy (non-hydrogen) atoms. The van der Waals surface area contributed by atoms with E-state index >= 15 is 0 Å². The van der Waals surface area contributed by atoms with E-state index in [0.717, 1.165) is 12.1 Å². The second-order valence-corrected chi connectivity index (χ2v) is 5.73. The summed E-state index contributed by atoms with van der Waals surface area (Å²) in [6.07, 6.45) is 2.27. The van der Waals surface area contributed by atoms with Gasteiger partial charge in [-0.05, 0) is 24.6 Å². The molecule has 0 aliphatic carbocycles. The summed E-state index contributed by atoms with van der Waals surface area (Å²) < 4.78 is 0. The Morgan fingerprint density at radius 2 is 1.88 bits per heavy atom. The average molecular weight is 341 g/mol. The van der Waals surface area contributed by atoms with Gasteiger partial charge >= 0.3 is 11.7 Å². The quantitative estimate of drug-likeness (QED) is 0.684. The molecule has 0 atom stereocenters. The van der Waals surface area contributed by atoms with Crippen LogP contribution in [0, 0.1) is 10.1 Å². The molecular weight excluding hydrogens is 322 g/mol. The molecule has 2 aromatic rings. The molecule has 1 aromatic carbocycles. The Hall–Kier alpha value is -3.16. The monoisotopic (exact) mass is 341 g/mol. The van der Waals surface area contributed by atoms with Gasteiger partial charge < -0.3 is 15.1 Å². The molecule has 2 amide bonds. The Balaban J connectivity index is 1.66. The molecule has 1 saturated heterocycles. The summed E-state index contributed by atoms with van der Waals surface area (Å²) in [4.78, 5) is 30.9. The highest BCUT2D eigenvalue weighted by atomic mass is 16.6. The molecule has 3 rings (SSSR count). The SMILES string of the molecule is O=C(Nc1ccccc1)N1CCCN(c2ncccc2[N+](=O)[O-])CC1. The van der Waals surface area contributed by atoms with Crippen molar-refractivity contribution in [2.45, 2.75) is 6.42 Å². The van der Waals surface area contributed by atoms with Crippen molar-refractivity contribution < 1.29 is 9.72 Å². The number of carbonyl (C=O) groups excluding carboxylic acids is 1. The van der Waals surface area contributed by atoms with E-state index in [0.29, 0.717) is 32.0 Å². The second kappa shape index (κ2) is 7.61. The number of carbonyl (C=O) groups is 1. The molecule has 8 nitrogen and oxygen atoms in total. The summed E-state index contributed by atoms with van der Waals surface area (Å²) >= 11 is 0. The number of amides is 2. The average Bonchev–Trinajstić information content (AvgIpc) is 2.88. The third-order valence-corrected chi connectivity index (χ3v) is 4.07. The van der Waals surface area contributed by atoms with Crippen molar-refractivity contribution >= 4 is 23.2 Å². The Bertz CT molecular complexity index is 753. The number of aromatic nitrogens is 1. The van der Waals surface area contributed by atoms with Crippen molar-refractivity contribution in [1.29, 1.82) is 0 Å². The van der Waals surface area contributed by atoms with Crippen LogP contribution in [0.2, 0.25) is 0 Å². The van der Waals surface area contributed by atoms with Crippen LogP contribution < -0.4 is 10.2 Å². The summed E-state index contributed by atoms with van der Waals surface area (Å²) in [5.41, 5.74) is 0.735. The van der Waals surface area contributed by atoms with Gasteiger partial charge in [-0.2, -0.15) is 0 Å². The number of rotatable bonds is 3. The third kappa shape index (κ3) is 4.03. The summed E-state index contributed by atoms with van der Waals surface area (Å²) in [6, 6.07) is 12.1. The fraction of sp³-hybridized carbons (Fsp3) is 0.294. The van der Waals surface area contributed by atoms with Crippen LogP contribution in [0.1, 0.15) is 6.42 Å². The van der Waals surface area contributed by atoms with E-state index in [4.69, 9.17) is 0 Å². The topological polar surface area (TPSA) is 91.6 Å². The zero-order valence-electron chi connectivity index (χ0n) is 13.7. The highest BCUT2D eigenvalue weighted by Crippen LogP contribution is 2.25. The van der Waals surface area contributed by atoms with E-state index < -0.39 is 4.92 Å². The van der Waals surface area contributed by atoms with Gasteiger partial charge in [0.05, 0.1) is 4.92 Å². The number of pyridine rings is 1. The predicted molar refractivity (Wildman–Crippen MR) is 94.8 cm³/mol. The molecule has 2 heterocycles. The van der Waals surface area contributed by atoms with Gasteiger partial charge in [0.2, 0.25) is 5.82 Å². The first-order chi connectivity index (χ1) is 12.1. The number of urea groups is 1.